The molecule has 8 heteroatoms. The molecule has 0 aliphatic carbocycles. The number of nitrogens with one attached hydrogen (secondary N) is 2. The topological polar surface area (TPSA) is 75.3 Å². The Morgan fingerprint density at radius 3 is 2.36 bits per heavy atom. The lowest BCUT2D eigenvalue weighted by Crippen LogP contribution is -2.31. The minimum atomic E-state index is -3.94. The van der Waals surface area contributed by atoms with E-state index in [9.17, 15) is 17.6 Å². The van der Waals surface area contributed by atoms with Crippen LogP contribution in [0.25, 0.3) is 0 Å². The van der Waals surface area contributed by atoms with Crippen LogP contribution in [0.3, 0.4) is 0 Å². The van der Waals surface area contributed by atoms with E-state index in [1.54, 1.807) is 24.3 Å². The molecule has 0 heterocycles. The molecule has 0 saturated carbocycles. The van der Waals surface area contributed by atoms with Gasteiger partial charge in [-0.25, -0.2) is 12.8 Å². The monoisotopic (exact) mass is 384 g/mol. The minimum absolute atomic E-state index is 0.0547. The van der Waals surface area contributed by atoms with Gasteiger partial charge in [-0.1, -0.05) is 23.7 Å². The van der Waals surface area contributed by atoms with Crippen LogP contribution in [-0.4, -0.2) is 20.4 Å². The molecular formula is C17H18ClFN2O3S. The molecule has 134 valence electrons. The number of carbonyl (C=O) groups is 1. The molecule has 0 spiro atoms. The zero-order valence-electron chi connectivity index (χ0n) is 13.7. The molecule has 0 atom stereocenters. The van der Waals surface area contributed by atoms with Crippen LogP contribution in [0.2, 0.25) is 5.02 Å². The predicted octanol–water partition coefficient (Wildman–Crippen LogP) is 3.35. The zero-order valence-corrected chi connectivity index (χ0v) is 15.3. The van der Waals surface area contributed by atoms with E-state index < -0.39 is 15.8 Å². The van der Waals surface area contributed by atoms with Gasteiger partial charge in [0.05, 0.1) is 11.4 Å². The summed E-state index contributed by atoms with van der Waals surface area (Å²) in [6, 6.07) is 9.53. The number of rotatable bonds is 6. The average Bonchev–Trinajstić information content (AvgIpc) is 2.47. The van der Waals surface area contributed by atoms with Crippen molar-refractivity contribution in [3.63, 3.8) is 0 Å². The molecule has 0 bridgehead atoms. The van der Waals surface area contributed by atoms with Crippen LogP contribution in [0.1, 0.15) is 19.4 Å². The van der Waals surface area contributed by atoms with E-state index in [0.29, 0.717) is 5.69 Å². The van der Waals surface area contributed by atoms with Crippen molar-refractivity contribution in [3.8, 4) is 0 Å². The molecule has 2 aromatic rings. The third-order valence-electron chi connectivity index (χ3n) is 3.20. The first kappa shape index (κ1) is 19.2. The van der Waals surface area contributed by atoms with Crippen LogP contribution in [0.4, 0.5) is 10.1 Å². The molecule has 0 aliphatic rings. The smallest absolute Gasteiger partial charge is 0.263 e. The van der Waals surface area contributed by atoms with Crippen molar-refractivity contribution in [1.82, 2.24) is 5.32 Å². The number of sulfonamides is 1. The van der Waals surface area contributed by atoms with Gasteiger partial charge in [-0.15, -0.1) is 0 Å². The highest BCUT2D eigenvalue weighted by atomic mass is 35.5. The molecule has 5 nitrogen and oxygen atoms in total. The van der Waals surface area contributed by atoms with Crippen molar-refractivity contribution in [3.05, 3.63) is 58.9 Å². The largest absolute Gasteiger partial charge is 0.354 e. The quantitative estimate of drug-likeness (QED) is 0.802. The molecule has 0 aliphatic heterocycles. The molecule has 0 saturated heterocycles. The molecule has 0 aromatic heterocycles. The first-order chi connectivity index (χ1) is 11.7. The minimum Gasteiger partial charge on any atom is -0.354 e. The summed E-state index contributed by atoms with van der Waals surface area (Å²) in [6.07, 6.45) is 0.203. The Balaban J connectivity index is 2.11. The van der Waals surface area contributed by atoms with Crippen molar-refractivity contribution in [2.45, 2.75) is 31.2 Å². The summed E-state index contributed by atoms with van der Waals surface area (Å²) in [6.45, 7) is 3.74. The van der Waals surface area contributed by atoms with Gasteiger partial charge in [0.15, 0.2) is 0 Å². The van der Waals surface area contributed by atoms with Gasteiger partial charge in [0, 0.05) is 11.7 Å². The third-order valence-corrected chi connectivity index (χ3v) is 5.07. The molecule has 0 unspecified atom stereocenters. The Labute approximate surface area is 151 Å². The van der Waals surface area contributed by atoms with Gasteiger partial charge in [-0.05, 0) is 49.7 Å². The Kier molecular flexibility index (Phi) is 6.02. The van der Waals surface area contributed by atoms with Gasteiger partial charge < -0.3 is 5.32 Å². The van der Waals surface area contributed by atoms with Crippen LogP contribution >= 0.6 is 11.6 Å². The predicted molar refractivity (Wildman–Crippen MR) is 95.6 cm³/mol. The van der Waals surface area contributed by atoms with E-state index in [1.165, 1.54) is 0 Å². The highest BCUT2D eigenvalue weighted by Gasteiger charge is 2.18. The molecular weight excluding hydrogens is 367 g/mol. The maximum absolute atomic E-state index is 13.1. The summed E-state index contributed by atoms with van der Waals surface area (Å²) in [5.41, 5.74) is 1.06. The van der Waals surface area contributed by atoms with Gasteiger partial charge in [0.25, 0.3) is 10.0 Å². The fourth-order valence-electron chi connectivity index (χ4n) is 2.15. The van der Waals surface area contributed by atoms with Gasteiger partial charge >= 0.3 is 0 Å². The number of carbonyl (C=O) groups excluding carboxylic acids is 1. The van der Waals surface area contributed by atoms with Crippen molar-refractivity contribution >= 4 is 33.2 Å². The Hall–Kier alpha value is -2.12. The maximum atomic E-state index is 13.1. The lowest BCUT2D eigenvalue weighted by atomic mass is 10.1. The highest BCUT2D eigenvalue weighted by Crippen LogP contribution is 2.24. The summed E-state index contributed by atoms with van der Waals surface area (Å²) < 4.78 is 40.1. The summed E-state index contributed by atoms with van der Waals surface area (Å²) in [7, 11) is -3.94. The fraction of sp³-hybridized carbons (Fsp3) is 0.235. The van der Waals surface area contributed by atoms with E-state index in [0.717, 1.165) is 23.8 Å². The first-order valence-corrected chi connectivity index (χ1v) is 9.39. The fourth-order valence-corrected chi connectivity index (χ4v) is 3.74. The molecule has 2 aromatic carbocycles. The normalized spacial score (nSPS) is 11.4. The molecule has 2 N–H and O–H groups in total. The summed E-state index contributed by atoms with van der Waals surface area (Å²) in [5.74, 6) is -0.727. The van der Waals surface area contributed by atoms with E-state index in [1.807, 2.05) is 13.8 Å². The van der Waals surface area contributed by atoms with E-state index in [2.05, 4.69) is 10.0 Å². The Bertz CT molecular complexity index is 868. The molecule has 2 rings (SSSR count). The van der Waals surface area contributed by atoms with E-state index in [4.69, 9.17) is 11.6 Å². The molecule has 0 radical (unpaired) electrons. The summed E-state index contributed by atoms with van der Waals surface area (Å²) in [5, 5.41) is 2.58. The van der Waals surface area contributed by atoms with Crippen LogP contribution < -0.4 is 10.0 Å². The third kappa shape index (κ3) is 5.44. The van der Waals surface area contributed by atoms with E-state index in [-0.39, 0.29) is 28.3 Å². The number of hydrogen-bond donors (Lipinski definition) is 2. The number of amides is 1. The van der Waals surface area contributed by atoms with Gasteiger partial charge in [0.2, 0.25) is 5.91 Å². The van der Waals surface area contributed by atoms with Gasteiger partial charge in [-0.2, -0.15) is 0 Å². The van der Waals surface area contributed by atoms with Crippen LogP contribution in [-0.2, 0) is 21.2 Å². The maximum Gasteiger partial charge on any atom is 0.263 e. The SMILES string of the molecule is CC(C)NC(=O)Cc1ccc(NS(=O)(=O)c2ccc(F)cc2Cl)cc1. The average molecular weight is 385 g/mol. The van der Waals surface area contributed by atoms with Crippen LogP contribution in [0.5, 0.6) is 0 Å². The number of anilines is 1. The van der Waals surface area contributed by atoms with E-state index >= 15 is 0 Å². The second kappa shape index (κ2) is 7.84. The second-order valence-corrected chi connectivity index (χ2v) is 7.83. The highest BCUT2D eigenvalue weighted by molar-refractivity contribution is 7.92. The standard InChI is InChI=1S/C17H18ClFN2O3S/c1-11(2)20-17(22)9-12-3-6-14(7-4-12)21-25(23,24)16-8-5-13(19)10-15(16)18/h3-8,10-11,21H,9H2,1-2H3,(H,20,22). The van der Waals surface area contributed by atoms with Gasteiger partial charge in [0.1, 0.15) is 10.7 Å². The first-order valence-electron chi connectivity index (χ1n) is 7.53. The summed E-state index contributed by atoms with van der Waals surface area (Å²) >= 11 is 5.80. The molecule has 0 fully saturated rings. The lowest BCUT2D eigenvalue weighted by molar-refractivity contribution is -0.120. The van der Waals surface area contributed by atoms with Crippen molar-refractivity contribution < 1.29 is 17.6 Å². The molecule has 1 amide bonds. The van der Waals surface area contributed by atoms with Crippen LogP contribution in [0, 0.1) is 5.82 Å². The zero-order chi connectivity index (χ0) is 18.6. The number of benzene rings is 2. The Morgan fingerprint density at radius 2 is 1.80 bits per heavy atom. The van der Waals surface area contributed by atoms with Crippen molar-refractivity contribution in [2.24, 2.45) is 0 Å². The lowest BCUT2D eigenvalue weighted by Gasteiger charge is -2.11. The second-order valence-electron chi connectivity index (χ2n) is 5.78. The van der Waals surface area contributed by atoms with Gasteiger partial charge in [-0.3, -0.25) is 9.52 Å². The number of halogens is 2. The van der Waals surface area contributed by atoms with Crippen molar-refractivity contribution in [2.75, 3.05) is 4.72 Å². The van der Waals surface area contributed by atoms with Crippen LogP contribution in [0.15, 0.2) is 47.4 Å². The number of hydrogen-bond acceptors (Lipinski definition) is 3. The summed E-state index contributed by atoms with van der Waals surface area (Å²) in [4.78, 5) is 11.5. The van der Waals surface area contributed by atoms with Crippen molar-refractivity contribution in [1.29, 1.82) is 0 Å². The Morgan fingerprint density at radius 1 is 1.16 bits per heavy atom. The molecule has 25 heavy (non-hydrogen) atoms.